The van der Waals surface area contributed by atoms with Crippen LogP contribution in [0, 0.1) is 6.92 Å². The van der Waals surface area contributed by atoms with Gasteiger partial charge in [0.05, 0.1) is 11.7 Å². The number of carboxylic acids is 1. The van der Waals surface area contributed by atoms with Crippen LogP contribution in [0.1, 0.15) is 39.1 Å². The van der Waals surface area contributed by atoms with Gasteiger partial charge in [-0.05, 0) is 67.8 Å². The Morgan fingerprint density at radius 2 is 1.92 bits per heavy atom. The lowest BCUT2D eigenvalue weighted by Crippen LogP contribution is -2.16. The second-order valence-corrected chi connectivity index (χ2v) is 6.32. The zero-order chi connectivity index (χ0) is 18.5. The smallest absolute Gasteiger partial charge is 0.335 e. The number of benzene rings is 2. The molecule has 0 saturated carbocycles. The van der Waals surface area contributed by atoms with Crippen LogP contribution < -0.4 is 10.1 Å². The van der Waals surface area contributed by atoms with Gasteiger partial charge in [-0.25, -0.2) is 4.79 Å². The number of carbonyl (C=O) groups excluding carboxylic acids is 1. The standard InChI is InChI=1S/C20H21NO5/c1-13-9-14(11-15(10-13)20(23)24)19(22)21-16-4-6-17(7-5-16)26-12-18-3-2-8-25-18/h4-7,9-11,18H,2-3,8,12H2,1H3,(H,21,22)(H,23,24). The Morgan fingerprint density at radius 1 is 1.19 bits per heavy atom. The molecule has 0 bridgehead atoms. The van der Waals surface area contributed by atoms with E-state index >= 15 is 0 Å². The van der Waals surface area contributed by atoms with Crippen molar-refractivity contribution in [1.82, 2.24) is 0 Å². The van der Waals surface area contributed by atoms with Crippen LogP contribution in [0.3, 0.4) is 0 Å². The largest absolute Gasteiger partial charge is 0.491 e. The van der Waals surface area contributed by atoms with Gasteiger partial charge >= 0.3 is 5.97 Å². The van der Waals surface area contributed by atoms with Crippen molar-refractivity contribution in [3.05, 3.63) is 59.2 Å². The van der Waals surface area contributed by atoms with Gasteiger partial charge in [0.2, 0.25) is 0 Å². The summed E-state index contributed by atoms with van der Waals surface area (Å²) in [6.07, 6.45) is 2.24. The number of carboxylic acid groups (broad SMARTS) is 1. The summed E-state index contributed by atoms with van der Waals surface area (Å²) in [6.45, 7) is 3.07. The molecule has 136 valence electrons. The van der Waals surface area contributed by atoms with Crippen LogP contribution in [0.5, 0.6) is 5.75 Å². The molecule has 1 heterocycles. The molecule has 1 amide bonds. The van der Waals surface area contributed by atoms with Crippen molar-refractivity contribution in [1.29, 1.82) is 0 Å². The molecular formula is C20H21NO5. The molecule has 6 heteroatoms. The fourth-order valence-corrected chi connectivity index (χ4v) is 2.84. The molecule has 1 atom stereocenters. The molecule has 0 radical (unpaired) electrons. The first-order valence-electron chi connectivity index (χ1n) is 8.52. The maximum atomic E-state index is 12.4. The van der Waals surface area contributed by atoms with Crippen molar-refractivity contribution in [2.75, 3.05) is 18.5 Å². The molecule has 1 fully saturated rings. The number of nitrogens with one attached hydrogen (secondary N) is 1. The van der Waals surface area contributed by atoms with Crippen LogP contribution in [-0.2, 0) is 4.74 Å². The van der Waals surface area contributed by atoms with E-state index in [2.05, 4.69) is 5.32 Å². The van der Waals surface area contributed by atoms with Gasteiger partial charge < -0.3 is 19.9 Å². The maximum absolute atomic E-state index is 12.4. The number of carbonyl (C=O) groups is 2. The second-order valence-electron chi connectivity index (χ2n) is 6.32. The average Bonchev–Trinajstić information content (AvgIpc) is 3.14. The Kier molecular flexibility index (Phi) is 5.53. The van der Waals surface area contributed by atoms with Crippen molar-refractivity contribution < 1.29 is 24.2 Å². The third-order valence-electron chi connectivity index (χ3n) is 4.16. The summed E-state index contributed by atoms with van der Waals surface area (Å²) >= 11 is 0. The van der Waals surface area contributed by atoms with E-state index in [1.165, 1.54) is 12.1 Å². The van der Waals surface area contributed by atoms with Crippen molar-refractivity contribution in [3.8, 4) is 5.75 Å². The molecule has 0 spiro atoms. The molecule has 0 aromatic heterocycles. The number of rotatable bonds is 6. The highest BCUT2D eigenvalue weighted by Crippen LogP contribution is 2.19. The number of hydrogen-bond acceptors (Lipinski definition) is 4. The van der Waals surface area contributed by atoms with E-state index in [4.69, 9.17) is 14.6 Å². The van der Waals surface area contributed by atoms with Crippen LogP contribution in [-0.4, -0.2) is 36.3 Å². The molecule has 6 nitrogen and oxygen atoms in total. The fourth-order valence-electron chi connectivity index (χ4n) is 2.84. The minimum atomic E-state index is -1.06. The number of aryl methyl sites for hydroxylation is 1. The predicted molar refractivity (Wildman–Crippen MR) is 97.0 cm³/mol. The van der Waals surface area contributed by atoms with Crippen molar-refractivity contribution >= 4 is 17.6 Å². The van der Waals surface area contributed by atoms with Gasteiger partial charge in [-0.15, -0.1) is 0 Å². The third kappa shape index (κ3) is 4.61. The van der Waals surface area contributed by atoms with E-state index in [9.17, 15) is 9.59 Å². The van der Waals surface area contributed by atoms with E-state index in [1.54, 1.807) is 37.3 Å². The summed E-state index contributed by atoms with van der Waals surface area (Å²) in [7, 11) is 0. The summed E-state index contributed by atoms with van der Waals surface area (Å²) in [5, 5.41) is 11.9. The first-order valence-corrected chi connectivity index (χ1v) is 8.52. The van der Waals surface area contributed by atoms with Crippen molar-refractivity contribution in [2.24, 2.45) is 0 Å². The molecule has 1 aliphatic rings. The van der Waals surface area contributed by atoms with Gasteiger partial charge in [-0.3, -0.25) is 4.79 Å². The Bertz CT molecular complexity index is 794. The number of ether oxygens (including phenoxy) is 2. The molecule has 2 N–H and O–H groups in total. The Morgan fingerprint density at radius 3 is 2.58 bits per heavy atom. The number of hydrogen-bond donors (Lipinski definition) is 2. The highest BCUT2D eigenvalue weighted by atomic mass is 16.5. The maximum Gasteiger partial charge on any atom is 0.335 e. The summed E-state index contributed by atoms with van der Waals surface area (Å²) in [5.41, 5.74) is 1.72. The Labute approximate surface area is 151 Å². The van der Waals surface area contributed by atoms with Gasteiger partial charge in [-0.1, -0.05) is 0 Å². The van der Waals surface area contributed by atoms with Gasteiger partial charge in [0, 0.05) is 17.9 Å². The topological polar surface area (TPSA) is 84.9 Å². The lowest BCUT2D eigenvalue weighted by Gasteiger charge is -2.12. The second kappa shape index (κ2) is 8.01. The summed E-state index contributed by atoms with van der Waals surface area (Å²) in [6, 6.07) is 11.6. The van der Waals surface area contributed by atoms with Gasteiger partial charge in [0.25, 0.3) is 5.91 Å². The summed E-state index contributed by atoms with van der Waals surface area (Å²) in [5.74, 6) is -0.707. The molecule has 3 rings (SSSR count). The Balaban J connectivity index is 1.61. The number of anilines is 1. The lowest BCUT2D eigenvalue weighted by molar-refractivity contribution is 0.0679. The molecule has 2 aromatic carbocycles. The van der Waals surface area contributed by atoms with Crippen LogP contribution in [0.2, 0.25) is 0 Å². The van der Waals surface area contributed by atoms with Crippen molar-refractivity contribution in [3.63, 3.8) is 0 Å². The zero-order valence-corrected chi connectivity index (χ0v) is 14.5. The SMILES string of the molecule is Cc1cc(C(=O)O)cc(C(=O)Nc2ccc(OCC3CCCO3)cc2)c1. The molecule has 0 aliphatic carbocycles. The molecule has 1 aliphatic heterocycles. The van der Waals surface area contributed by atoms with E-state index in [0.717, 1.165) is 19.4 Å². The van der Waals surface area contributed by atoms with Crippen LogP contribution in [0.25, 0.3) is 0 Å². The van der Waals surface area contributed by atoms with E-state index in [-0.39, 0.29) is 17.6 Å². The Hall–Kier alpha value is -2.86. The number of amides is 1. The summed E-state index contributed by atoms with van der Waals surface area (Å²) < 4.78 is 11.2. The predicted octanol–water partition coefficient (Wildman–Crippen LogP) is 3.50. The zero-order valence-electron chi connectivity index (χ0n) is 14.5. The molecule has 1 unspecified atom stereocenters. The molecular weight excluding hydrogens is 334 g/mol. The van der Waals surface area contributed by atoms with E-state index in [0.29, 0.717) is 29.2 Å². The van der Waals surface area contributed by atoms with Gasteiger partial charge in [0.15, 0.2) is 0 Å². The average molecular weight is 355 g/mol. The highest BCUT2D eigenvalue weighted by Gasteiger charge is 2.16. The first-order chi connectivity index (χ1) is 12.5. The van der Waals surface area contributed by atoms with Crippen LogP contribution >= 0.6 is 0 Å². The molecule has 26 heavy (non-hydrogen) atoms. The minimum absolute atomic E-state index is 0.0908. The molecule has 2 aromatic rings. The van der Waals surface area contributed by atoms with Gasteiger partial charge in [-0.2, -0.15) is 0 Å². The van der Waals surface area contributed by atoms with Crippen LogP contribution in [0.4, 0.5) is 5.69 Å². The van der Waals surface area contributed by atoms with Gasteiger partial charge in [0.1, 0.15) is 12.4 Å². The quantitative estimate of drug-likeness (QED) is 0.828. The third-order valence-corrected chi connectivity index (χ3v) is 4.16. The minimum Gasteiger partial charge on any atom is -0.491 e. The van der Waals surface area contributed by atoms with Crippen LogP contribution in [0.15, 0.2) is 42.5 Å². The highest BCUT2D eigenvalue weighted by molar-refractivity contribution is 6.05. The lowest BCUT2D eigenvalue weighted by atomic mass is 10.1. The monoisotopic (exact) mass is 355 g/mol. The van der Waals surface area contributed by atoms with E-state index < -0.39 is 5.97 Å². The molecule has 1 saturated heterocycles. The normalized spacial score (nSPS) is 16.3. The number of aromatic carboxylic acids is 1. The van der Waals surface area contributed by atoms with E-state index in [1.807, 2.05) is 0 Å². The first kappa shape index (κ1) is 17.9. The van der Waals surface area contributed by atoms with Crippen molar-refractivity contribution in [2.45, 2.75) is 25.9 Å². The summed E-state index contributed by atoms with van der Waals surface area (Å²) in [4.78, 5) is 23.5. The fraction of sp³-hybridized carbons (Fsp3) is 0.300.